The molecule has 4 rings (SSSR count). The molecule has 1 aliphatic rings. The fraction of sp³-hybridized carbons (Fsp3) is 0.435. The quantitative estimate of drug-likeness (QED) is 0.647. The van der Waals surface area contributed by atoms with Gasteiger partial charge in [0.25, 0.3) is 5.89 Å². The number of anilines is 1. The van der Waals surface area contributed by atoms with Crippen molar-refractivity contribution in [1.82, 2.24) is 20.0 Å². The van der Waals surface area contributed by atoms with Gasteiger partial charge in [-0.1, -0.05) is 48.8 Å². The van der Waals surface area contributed by atoms with Crippen LogP contribution < -0.4 is 4.90 Å². The molecule has 0 amide bonds. The van der Waals surface area contributed by atoms with Gasteiger partial charge in [0, 0.05) is 44.8 Å². The van der Waals surface area contributed by atoms with E-state index in [1.165, 1.54) is 11.1 Å². The molecule has 0 spiro atoms. The molecule has 0 bridgehead atoms. The van der Waals surface area contributed by atoms with Crippen molar-refractivity contribution in [2.45, 2.75) is 39.7 Å². The Labute approximate surface area is 172 Å². The van der Waals surface area contributed by atoms with Crippen LogP contribution in [0, 0.1) is 6.92 Å². The maximum Gasteiger partial charge on any atom is 0.261 e. The van der Waals surface area contributed by atoms with Gasteiger partial charge < -0.3 is 9.42 Å². The average Bonchev–Trinajstić information content (AvgIpc) is 3.10. The second-order valence-corrected chi connectivity index (χ2v) is 8.09. The molecule has 6 nitrogen and oxygen atoms in total. The second kappa shape index (κ2) is 8.74. The summed E-state index contributed by atoms with van der Waals surface area (Å²) in [7, 11) is 0. The van der Waals surface area contributed by atoms with Crippen LogP contribution in [0.3, 0.4) is 0 Å². The molecule has 0 atom stereocenters. The molecule has 3 aromatic rings. The van der Waals surface area contributed by atoms with E-state index in [9.17, 15) is 0 Å². The predicted octanol–water partition coefficient (Wildman–Crippen LogP) is 4.28. The maximum absolute atomic E-state index is 5.55. The van der Waals surface area contributed by atoms with Gasteiger partial charge in [-0.25, -0.2) is 4.98 Å². The summed E-state index contributed by atoms with van der Waals surface area (Å²) in [5.41, 5.74) is 3.61. The Morgan fingerprint density at radius 1 is 1.07 bits per heavy atom. The van der Waals surface area contributed by atoms with E-state index in [0.29, 0.717) is 5.89 Å². The predicted molar refractivity (Wildman–Crippen MR) is 115 cm³/mol. The van der Waals surface area contributed by atoms with Crippen molar-refractivity contribution in [2.24, 2.45) is 0 Å². The van der Waals surface area contributed by atoms with Crippen LogP contribution in [-0.2, 0) is 6.54 Å². The molecule has 6 heteroatoms. The zero-order valence-electron chi connectivity index (χ0n) is 17.5. The lowest BCUT2D eigenvalue weighted by Gasteiger charge is -2.24. The number of aromatic nitrogens is 3. The van der Waals surface area contributed by atoms with Gasteiger partial charge in [0.2, 0.25) is 0 Å². The minimum Gasteiger partial charge on any atom is -0.355 e. The number of hydrogen-bond acceptors (Lipinski definition) is 6. The zero-order chi connectivity index (χ0) is 20.2. The van der Waals surface area contributed by atoms with Crippen molar-refractivity contribution in [3.8, 4) is 11.5 Å². The topological polar surface area (TPSA) is 58.3 Å². The Hall–Kier alpha value is -2.73. The highest BCUT2D eigenvalue weighted by atomic mass is 16.5. The fourth-order valence-corrected chi connectivity index (χ4v) is 3.80. The van der Waals surface area contributed by atoms with Gasteiger partial charge in [-0.15, -0.1) is 0 Å². The van der Waals surface area contributed by atoms with E-state index in [1.54, 1.807) is 0 Å². The Morgan fingerprint density at radius 3 is 2.76 bits per heavy atom. The van der Waals surface area contributed by atoms with E-state index in [4.69, 9.17) is 4.52 Å². The third-order valence-corrected chi connectivity index (χ3v) is 5.35. The molecule has 0 N–H and O–H groups in total. The van der Waals surface area contributed by atoms with Gasteiger partial charge in [-0.3, -0.25) is 4.90 Å². The lowest BCUT2D eigenvalue weighted by atomic mass is 10.1. The van der Waals surface area contributed by atoms with Gasteiger partial charge in [0.05, 0.1) is 5.56 Å². The van der Waals surface area contributed by atoms with E-state index in [1.807, 2.05) is 18.3 Å². The van der Waals surface area contributed by atoms with Crippen LogP contribution in [0.25, 0.3) is 11.5 Å². The van der Waals surface area contributed by atoms with Crippen LogP contribution in [0.1, 0.15) is 43.1 Å². The maximum atomic E-state index is 5.55. The van der Waals surface area contributed by atoms with Crippen molar-refractivity contribution in [3.63, 3.8) is 0 Å². The highest BCUT2D eigenvalue weighted by Crippen LogP contribution is 2.29. The zero-order valence-corrected chi connectivity index (χ0v) is 17.5. The second-order valence-electron chi connectivity index (χ2n) is 8.09. The van der Waals surface area contributed by atoms with Crippen LogP contribution in [0.4, 0.5) is 5.82 Å². The lowest BCUT2D eigenvalue weighted by Crippen LogP contribution is -2.31. The van der Waals surface area contributed by atoms with E-state index in [-0.39, 0.29) is 5.92 Å². The smallest absolute Gasteiger partial charge is 0.261 e. The SMILES string of the molecule is Cc1cccc(CN2CCCN(c3ncccc3-c3nc(C(C)C)no3)CC2)c1. The average molecular weight is 392 g/mol. The summed E-state index contributed by atoms with van der Waals surface area (Å²) in [6.45, 7) is 11.3. The first-order chi connectivity index (χ1) is 14.1. The number of benzene rings is 1. The molecule has 152 valence electrons. The first kappa shape index (κ1) is 19.6. The normalized spacial score (nSPS) is 15.7. The van der Waals surface area contributed by atoms with Crippen LogP contribution in [0.5, 0.6) is 0 Å². The summed E-state index contributed by atoms with van der Waals surface area (Å²) in [4.78, 5) is 14.1. The Kier molecular flexibility index (Phi) is 5.90. The molecule has 29 heavy (non-hydrogen) atoms. The molecule has 1 aromatic carbocycles. The summed E-state index contributed by atoms with van der Waals surface area (Å²) in [6.07, 6.45) is 2.94. The van der Waals surface area contributed by atoms with Gasteiger partial charge in [0.1, 0.15) is 5.82 Å². The van der Waals surface area contributed by atoms with Gasteiger partial charge in [-0.05, 0) is 31.0 Å². The monoisotopic (exact) mass is 391 g/mol. The standard InChI is InChI=1S/C23H29N5O/c1-17(2)21-25-23(29-26-21)20-9-5-10-24-22(20)28-12-6-11-27(13-14-28)16-19-8-4-7-18(3)15-19/h4-5,7-10,15,17H,6,11-14,16H2,1-3H3. The number of hydrogen-bond donors (Lipinski definition) is 0. The van der Waals surface area contributed by atoms with Crippen LogP contribution in [0.2, 0.25) is 0 Å². The molecule has 3 heterocycles. The molecule has 1 aliphatic heterocycles. The van der Waals surface area contributed by atoms with Crippen LogP contribution in [-0.4, -0.2) is 46.2 Å². The van der Waals surface area contributed by atoms with E-state index in [0.717, 1.165) is 56.4 Å². The summed E-state index contributed by atoms with van der Waals surface area (Å²) in [5.74, 6) is 2.46. The molecular formula is C23H29N5O. The van der Waals surface area contributed by atoms with Crippen LogP contribution in [0.15, 0.2) is 47.1 Å². The molecule has 0 radical (unpaired) electrons. The van der Waals surface area contributed by atoms with Crippen molar-refractivity contribution in [1.29, 1.82) is 0 Å². The molecule has 1 saturated heterocycles. The molecule has 1 fully saturated rings. The van der Waals surface area contributed by atoms with Gasteiger partial charge >= 0.3 is 0 Å². The van der Waals surface area contributed by atoms with E-state index >= 15 is 0 Å². The highest BCUT2D eigenvalue weighted by molar-refractivity contribution is 5.69. The van der Waals surface area contributed by atoms with Crippen molar-refractivity contribution in [2.75, 3.05) is 31.1 Å². The first-order valence-corrected chi connectivity index (χ1v) is 10.4. The van der Waals surface area contributed by atoms with Crippen LogP contribution >= 0.6 is 0 Å². The highest BCUT2D eigenvalue weighted by Gasteiger charge is 2.22. The Morgan fingerprint density at radius 2 is 1.97 bits per heavy atom. The summed E-state index contributed by atoms with van der Waals surface area (Å²) in [6, 6.07) is 12.7. The van der Waals surface area contributed by atoms with Crippen molar-refractivity contribution < 1.29 is 4.52 Å². The van der Waals surface area contributed by atoms with Crippen molar-refractivity contribution >= 4 is 5.82 Å². The largest absolute Gasteiger partial charge is 0.355 e. The lowest BCUT2D eigenvalue weighted by molar-refractivity contribution is 0.285. The summed E-state index contributed by atoms with van der Waals surface area (Å²) >= 11 is 0. The minimum absolute atomic E-state index is 0.237. The Bertz CT molecular complexity index is 952. The minimum atomic E-state index is 0.237. The van der Waals surface area contributed by atoms with Crippen molar-refractivity contribution in [3.05, 3.63) is 59.5 Å². The van der Waals surface area contributed by atoms with Gasteiger partial charge in [-0.2, -0.15) is 4.98 Å². The number of aryl methyl sites for hydroxylation is 1. The summed E-state index contributed by atoms with van der Waals surface area (Å²) < 4.78 is 5.55. The fourth-order valence-electron chi connectivity index (χ4n) is 3.80. The molecular weight excluding hydrogens is 362 g/mol. The molecule has 0 unspecified atom stereocenters. The number of nitrogens with zero attached hydrogens (tertiary/aromatic N) is 5. The molecule has 2 aromatic heterocycles. The third-order valence-electron chi connectivity index (χ3n) is 5.35. The van der Waals surface area contributed by atoms with E-state index < -0.39 is 0 Å². The summed E-state index contributed by atoms with van der Waals surface area (Å²) in [5, 5.41) is 4.12. The third kappa shape index (κ3) is 4.65. The number of pyridine rings is 1. The Balaban J connectivity index is 1.49. The molecule has 0 aliphatic carbocycles. The van der Waals surface area contributed by atoms with E-state index in [2.05, 4.69) is 70.0 Å². The van der Waals surface area contributed by atoms with Gasteiger partial charge in [0.15, 0.2) is 5.82 Å². The first-order valence-electron chi connectivity index (χ1n) is 10.4. The number of rotatable bonds is 5. The molecule has 0 saturated carbocycles.